The third-order valence-corrected chi connectivity index (χ3v) is 4.43. The number of hydrogen-bond acceptors (Lipinski definition) is 7. The second-order valence-corrected chi connectivity index (χ2v) is 6.31. The maximum Gasteiger partial charge on any atom is 0.264 e. The van der Waals surface area contributed by atoms with Gasteiger partial charge in [0.2, 0.25) is 0 Å². The van der Waals surface area contributed by atoms with Crippen LogP contribution in [0.4, 0.5) is 26.1 Å². The zero-order valence-electron chi connectivity index (χ0n) is 14.3. The fraction of sp³-hybridized carbons (Fsp3) is 0.333. The van der Waals surface area contributed by atoms with E-state index in [1.165, 1.54) is 6.20 Å². The largest absolute Gasteiger partial charge is 0.364 e. The van der Waals surface area contributed by atoms with Crippen molar-refractivity contribution in [3.05, 3.63) is 41.7 Å². The van der Waals surface area contributed by atoms with E-state index < -0.39 is 18.0 Å². The van der Waals surface area contributed by atoms with E-state index in [1.54, 1.807) is 24.3 Å². The molecule has 0 aliphatic heterocycles. The van der Waals surface area contributed by atoms with Crippen LogP contribution in [0, 0.1) is 22.7 Å². The van der Waals surface area contributed by atoms with Gasteiger partial charge in [0.1, 0.15) is 11.9 Å². The number of alkyl halides is 2. The lowest BCUT2D eigenvalue weighted by Gasteiger charge is -2.36. The summed E-state index contributed by atoms with van der Waals surface area (Å²) in [6.45, 7) is 0. The highest BCUT2D eigenvalue weighted by Gasteiger charge is 2.44. The van der Waals surface area contributed by atoms with E-state index in [2.05, 4.69) is 20.6 Å². The highest BCUT2D eigenvalue weighted by Crippen LogP contribution is 2.33. The first-order valence-electron chi connectivity index (χ1n) is 8.37. The SMILES string of the molecule is N#Cc1ccc(Nc2nc(N[C@@H]3CCCC(F)(F)[C@@H]3N)cnc2C#N)cc1. The smallest absolute Gasteiger partial charge is 0.264 e. The lowest BCUT2D eigenvalue weighted by Crippen LogP contribution is -2.55. The number of nitriles is 2. The summed E-state index contributed by atoms with van der Waals surface area (Å²) in [5.41, 5.74) is 6.86. The topological polar surface area (TPSA) is 123 Å². The Labute approximate surface area is 154 Å². The molecule has 1 aliphatic carbocycles. The van der Waals surface area contributed by atoms with Gasteiger partial charge in [-0.2, -0.15) is 10.5 Å². The standard InChI is InChI=1S/C18H17F2N7/c19-18(20)7-1-2-13(16(18)23)26-15-10-24-14(9-22)17(27-15)25-12-5-3-11(8-21)4-6-12/h3-6,10,13,16H,1-2,7,23H2,(H2,25,26,27)/t13-,16-/m1/s1. The molecule has 0 amide bonds. The maximum absolute atomic E-state index is 13.8. The van der Waals surface area contributed by atoms with Crippen molar-refractivity contribution in [3.63, 3.8) is 0 Å². The summed E-state index contributed by atoms with van der Waals surface area (Å²) in [5, 5.41) is 23.9. The number of benzene rings is 1. The lowest BCUT2D eigenvalue weighted by molar-refractivity contribution is -0.0554. The number of aromatic nitrogens is 2. The van der Waals surface area contributed by atoms with Crippen LogP contribution >= 0.6 is 0 Å². The number of rotatable bonds is 4. The molecule has 2 aromatic rings. The molecule has 1 aromatic heterocycles. The number of halogens is 2. The summed E-state index contributed by atoms with van der Waals surface area (Å²) in [6, 6.07) is 8.55. The molecule has 3 rings (SSSR count). The molecular formula is C18H17F2N7. The number of nitrogens with one attached hydrogen (secondary N) is 2. The summed E-state index contributed by atoms with van der Waals surface area (Å²) >= 11 is 0. The van der Waals surface area contributed by atoms with Crippen molar-refractivity contribution < 1.29 is 8.78 Å². The van der Waals surface area contributed by atoms with Crippen LogP contribution in [0.3, 0.4) is 0 Å². The van der Waals surface area contributed by atoms with Crippen LogP contribution in [-0.4, -0.2) is 28.0 Å². The van der Waals surface area contributed by atoms with E-state index in [9.17, 15) is 14.0 Å². The molecule has 1 aromatic carbocycles. The summed E-state index contributed by atoms with van der Waals surface area (Å²) in [6.07, 6.45) is 1.95. The highest BCUT2D eigenvalue weighted by molar-refractivity contribution is 5.63. The molecule has 0 spiro atoms. The Kier molecular flexibility index (Phi) is 5.15. The van der Waals surface area contributed by atoms with Crippen molar-refractivity contribution >= 4 is 17.3 Å². The Hall–Kier alpha value is -3.30. The van der Waals surface area contributed by atoms with Gasteiger partial charge >= 0.3 is 0 Å². The minimum Gasteiger partial charge on any atom is -0.364 e. The van der Waals surface area contributed by atoms with Crippen molar-refractivity contribution in [2.45, 2.75) is 37.3 Å². The minimum absolute atomic E-state index is 0.0585. The Morgan fingerprint density at radius 2 is 1.93 bits per heavy atom. The second kappa shape index (κ2) is 7.52. The number of nitrogens with zero attached hydrogens (tertiary/aromatic N) is 4. The quantitative estimate of drug-likeness (QED) is 0.757. The molecule has 9 heteroatoms. The van der Waals surface area contributed by atoms with Gasteiger partial charge in [-0.3, -0.25) is 0 Å². The number of nitrogens with two attached hydrogens (primary N) is 1. The molecule has 2 atom stereocenters. The van der Waals surface area contributed by atoms with Crippen LogP contribution in [0.15, 0.2) is 30.5 Å². The fourth-order valence-corrected chi connectivity index (χ4v) is 2.94. The molecule has 0 radical (unpaired) electrons. The fourth-order valence-electron chi connectivity index (χ4n) is 2.94. The molecule has 0 unspecified atom stereocenters. The predicted octanol–water partition coefficient (Wildman–Crippen LogP) is 2.89. The van der Waals surface area contributed by atoms with Crippen LogP contribution in [0.2, 0.25) is 0 Å². The van der Waals surface area contributed by atoms with Crippen LogP contribution in [-0.2, 0) is 0 Å². The molecular weight excluding hydrogens is 352 g/mol. The van der Waals surface area contributed by atoms with E-state index >= 15 is 0 Å². The molecule has 0 bridgehead atoms. The second-order valence-electron chi connectivity index (χ2n) is 6.31. The van der Waals surface area contributed by atoms with Gasteiger partial charge in [0, 0.05) is 18.2 Å². The molecule has 4 N–H and O–H groups in total. The van der Waals surface area contributed by atoms with Crippen molar-refractivity contribution in [2.75, 3.05) is 10.6 Å². The zero-order chi connectivity index (χ0) is 19.4. The Bertz CT molecular complexity index is 899. The summed E-state index contributed by atoms with van der Waals surface area (Å²) in [5.74, 6) is -2.49. The summed E-state index contributed by atoms with van der Waals surface area (Å²) < 4.78 is 27.6. The summed E-state index contributed by atoms with van der Waals surface area (Å²) in [4.78, 5) is 8.31. The Morgan fingerprint density at radius 1 is 1.19 bits per heavy atom. The van der Waals surface area contributed by atoms with Gasteiger partial charge in [-0.1, -0.05) is 0 Å². The normalized spacial score (nSPS) is 20.9. The molecule has 1 saturated carbocycles. The third kappa shape index (κ3) is 4.10. The first-order chi connectivity index (χ1) is 12.9. The Balaban J connectivity index is 1.81. The van der Waals surface area contributed by atoms with Gasteiger partial charge in [0.05, 0.1) is 23.9 Å². The van der Waals surface area contributed by atoms with Crippen LogP contribution < -0.4 is 16.4 Å². The van der Waals surface area contributed by atoms with Crippen LogP contribution in [0.25, 0.3) is 0 Å². The molecule has 138 valence electrons. The van der Waals surface area contributed by atoms with E-state index in [-0.39, 0.29) is 23.8 Å². The zero-order valence-corrected chi connectivity index (χ0v) is 14.3. The van der Waals surface area contributed by atoms with Crippen molar-refractivity contribution in [1.29, 1.82) is 10.5 Å². The van der Waals surface area contributed by atoms with Gasteiger partial charge in [-0.25, -0.2) is 18.7 Å². The average molecular weight is 369 g/mol. The van der Waals surface area contributed by atoms with Gasteiger partial charge in [-0.05, 0) is 37.1 Å². The highest BCUT2D eigenvalue weighted by atomic mass is 19.3. The number of hydrogen-bond donors (Lipinski definition) is 3. The molecule has 1 heterocycles. The maximum atomic E-state index is 13.8. The monoisotopic (exact) mass is 369 g/mol. The van der Waals surface area contributed by atoms with Crippen LogP contribution in [0.1, 0.15) is 30.5 Å². The van der Waals surface area contributed by atoms with E-state index in [0.29, 0.717) is 24.1 Å². The third-order valence-electron chi connectivity index (χ3n) is 4.43. The molecule has 7 nitrogen and oxygen atoms in total. The number of anilines is 3. The molecule has 1 fully saturated rings. The molecule has 27 heavy (non-hydrogen) atoms. The molecule has 1 aliphatic rings. The van der Waals surface area contributed by atoms with Crippen LogP contribution in [0.5, 0.6) is 0 Å². The first kappa shape index (κ1) is 18.5. The minimum atomic E-state index is -2.93. The summed E-state index contributed by atoms with van der Waals surface area (Å²) in [7, 11) is 0. The van der Waals surface area contributed by atoms with E-state index in [1.807, 2.05) is 12.1 Å². The van der Waals surface area contributed by atoms with Crippen molar-refractivity contribution in [3.8, 4) is 12.1 Å². The van der Waals surface area contributed by atoms with Gasteiger partial charge in [-0.15, -0.1) is 0 Å². The predicted molar refractivity (Wildman–Crippen MR) is 95.4 cm³/mol. The first-order valence-corrected chi connectivity index (χ1v) is 8.37. The van der Waals surface area contributed by atoms with E-state index in [4.69, 9.17) is 11.0 Å². The van der Waals surface area contributed by atoms with Gasteiger partial charge in [0.25, 0.3) is 5.92 Å². The Morgan fingerprint density at radius 3 is 2.59 bits per heavy atom. The van der Waals surface area contributed by atoms with Gasteiger partial charge < -0.3 is 16.4 Å². The van der Waals surface area contributed by atoms with E-state index in [0.717, 1.165) is 0 Å². The molecule has 0 saturated heterocycles. The van der Waals surface area contributed by atoms with Gasteiger partial charge in [0.15, 0.2) is 11.5 Å². The van der Waals surface area contributed by atoms with Crippen molar-refractivity contribution in [1.82, 2.24) is 9.97 Å². The average Bonchev–Trinajstić information content (AvgIpc) is 2.66. The lowest BCUT2D eigenvalue weighted by atomic mass is 9.87. The van der Waals surface area contributed by atoms with Crippen molar-refractivity contribution in [2.24, 2.45) is 5.73 Å².